The fraction of sp³-hybridized carbons (Fsp3) is 0. The van der Waals surface area contributed by atoms with Gasteiger partial charge in [-0.25, -0.2) is 0 Å². The summed E-state index contributed by atoms with van der Waals surface area (Å²) >= 11 is 0. The average Bonchev–Trinajstić information content (AvgIpc) is 1.61. The van der Waals surface area contributed by atoms with E-state index in [1.807, 2.05) is 9.64 Å². The van der Waals surface area contributed by atoms with Gasteiger partial charge in [-0.2, -0.15) is 0 Å². The molecule has 1 heterocycles. The molecule has 34 valence electrons. The highest BCUT2D eigenvalue weighted by atomic mass is 29.2. The molecule has 0 amide bonds. The first-order valence-electron chi connectivity index (χ1n) is 2.46. The lowest BCUT2D eigenvalue weighted by Gasteiger charge is -2.14. The molecule has 0 fully saturated rings. The van der Waals surface area contributed by atoms with Gasteiger partial charge in [0.1, 0.15) is 0 Å². The predicted molar refractivity (Wildman–Crippen MR) is 44.0 cm³/mol. The molecule has 1 aliphatic rings. The lowest BCUT2D eigenvalue weighted by atomic mass is 11.2. The van der Waals surface area contributed by atoms with Gasteiger partial charge in [-0.3, -0.25) is 0 Å². The molecule has 4 heteroatoms. The molecule has 0 aromatic carbocycles. The summed E-state index contributed by atoms with van der Waals surface area (Å²) in [5.74, 6) is 0. The molecule has 6 heavy (non-hydrogen) atoms. The largest absolute Gasteiger partial charge is 0.119 e. The highest BCUT2D eigenvalue weighted by Gasteiger charge is 2.06. The lowest BCUT2D eigenvalue weighted by molar-refractivity contribution is 2.15. The van der Waals surface area contributed by atoms with E-state index in [0.29, 0.717) is 18.1 Å². The average molecular weight is 146 g/mol. The minimum absolute atomic E-state index is 0.597. The molecule has 1 aliphatic heterocycles. The van der Waals surface area contributed by atoms with Gasteiger partial charge in [0.2, 0.25) is 0 Å². The van der Waals surface area contributed by atoms with Gasteiger partial charge in [0.25, 0.3) is 0 Å². The zero-order chi connectivity index (χ0) is 4.57. The van der Waals surface area contributed by atoms with Gasteiger partial charge >= 0.3 is 0 Å². The van der Waals surface area contributed by atoms with Crippen LogP contribution < -0.4 is 0 Å². The number of rotatable bonds is 0. The van der Waals surface area contributed by atoms with E-state index in [2.05, 4.69) is 0 Å². The van der Waals surface area contributed by atoms with E-state index in [1.54, 1.807) is 0 Å². The van der Waals surface area contributed by atoms with Crippen LogP contribution in [0.15, 0.2) is 9.64 Å². The Morgan fingerprint density at radius 1 is 1.00 bits per heavy atom. The smallest absolute Gasteiger partial charge is 0.0345 e. The second kappa shape index (κ2) is 1.61. The van der Waals surface area contributed by atoms with E-state index in [9.17, 15) is 0 Å². The van der Waals surface area contributed by atoms with Crippen molar-refractivity contribution < 1.29 is 0 Å². The van der Waals surface area contributed by atoms with Crippen LogP contribution in [0.1, 0.15) is 0 Å². The molecule has 0 aromatic rings. The molecule has 0 N–H and O–H groups in total. The Labute approximate surface area is 48.7 Å². The number of hydrogen-bond donors (Lipinski definition) is 0. The highest BCUT2D eigenvalue weighted by Crippen LogP contribution is 2.01. The van der Waals surface area contributed by atoms with Crippen LogP contribution in [0.25, 0.3) is 0 Å². The SMILES string of the molecule is [SiH3]C1=C([SiH3])[SiH2][SiH2]1. The van der Waals surface area contributed by atoms with Crippen molar-refractivity contribution in [2.45, 2.75) is 0 Å². The molecule has 0 spiro atoms. The van der Waals surface area contributed by atoms with Crippen molar-refractivity contribution >= 4 is 38.6 Å². The minimum atomic E-state index is 0.597. The van der Waals surface area contributed by atoms with Crippen molar-refractivity contribution in [1.82, 2.24) is 0 Å². The molecule has 0 saturated heterocycles. The Hall–Kier alpha value is 0.608. The topological polar surface area (TPSA) is 0 Å². The molecule has 0 unspecified atom stereocenters. The van der Waals surface area contributed by atoms with Gasteiger partial charge in [0.05, 0.1) is 0 Å². The molecule has 0 saturated carbocycles. The quantitative estimate of drug-likeness (QED) is 0.307. The van der Waals surface area contributed by atoms with Crippen molar-refractivity contribution in [3.05, 3.63) is 9.64 Å². The van der Waals surface area contributed by atoms with Crippen molar-refractivity contribution in [3.63, 3.8) is 0 Å². The zero-order valence-corrected chi connectivity index (χ0v) is 11.2. The molecular weight excluding hydrogens is 136 g/mol. The maximum atomic E-state index is 2.01. The minimum Gasteiger partial charge on any atom is -0.119 e. The third-order valence-corrected chi connectivity index (χ3v) is 23.4. The fourth-order valence-corrected chi connectivity index (χ4v) is 14.6. The highest BCUT2D eigenvalue weighted by molar-refractivity contribution is 7.19. The summed E-state index contributed by atoms with van der Waals surface area (Å²) in [6.07, 6.45) is 0. The molecule has 0 nitrogen and oxygen atoms in total. The van der Waals surface area contributed by atoms with Gasteiger partial charge in [-0.15, -0.1) is 9.64 Å². The monoisotopic (exact) mass is 146 g/mol. The first kappa shape index (κ1) is 4.76. The molecule has 0 aliphatic carbocycles. The van der Waals surface area contributed by atoms with Crippen LogP contribution in [-0.2, 0) is 0 Å². The van der Waals surface area contributed by atoms with Gasteiger partial charge in [0, 0.05) is 38.6 Å². The molecule has 0 bridgehead atoms. The van der Waals surface area contributed by atoms with Crippen LogP contribution >= 0.6 is 0 Å². The fourth-order valence-electron chi connectivity index (χ4n) is 0.625. The van der Waals surface area contributed by atoms with E-state index < -0.39 is 0 Å². The van der Waals surface area contributed by atoms with Gasteiger partial charge in [-0.1, -0.05) is 0 Å². The third-order valence-electron chi connectivity index (χ3n) is 1.60. The summed E-state index contributed by atoms with van der Waals surface area (Å²) in [5, 5.41) is 0. The molecule has 0 aromatic heterocycles. The van der Waals surface area contributed by atoms with E-state index in [0.717, 1.165) is 0 Å². The molecule has 0 radical (unpaired) electrons. The first-order chi connectivity index (χ1) is 2.80. The van der Waals surface area contributed by atoms with Crippen molar-refractivity contribution in [2.24, 2.45) is 0 Å². The van der Waals surface area contributed by atoms with E-state index in [-0.39, 0.29) is 0 Å². The Morgan fingerprint density at radius 3 is 1.33 bits per heavy atom. The summed E-state index contributed by atoms with van der Waals surface area (Å²) in [6.45, 7) is 0. The Kier molecular flexibility index (Phi) is 1.27. The standard InChI is InChI=1S/C2H10Si4/c3-1-2(4)6-5-1/h5-6H2,3-4H3. The lowest BCUT2D eigenvalue weighted by Crippen LogP contribution is -2.24. The molecule has 0 atom stereocenters. The van der Waals surface area contributed by atoms with E-state index >= 15 is 0 Å². The van der Waals surface area contributed by atoms with Crippen LogP contribution in [-0.4, -0.2) is 38.6 Å². The van der Waals surface area contributed by atoms with Crippen LogP contribution in [0.4, 0.5) is 0 Å². The van der Waals surface area contributed by atoms with E-state index in [4.69, 9.17) is 0 Å². The summed E-state index contributed by atoms with van der Waals surface area (Å²) in [7, 11) is 4.10. The van der Waals surface area contributed by atoms with E-state index in [1.165, 1.54) is 20.5 Å². The first-order valence-corrected chi connectivity index (χ1v) is 9.87. The third kappa shape index (κ3) is 0.650. The second-order valence-corrected chi connectivity index (χ2v) is 13.4. The zero-order valence-electron chi connectivity index (χ0n) is 4.41. The van der Waals surface area contributed by atoms with Crippen molar-refractivity contribution in [3.8, 4) is 0 Å². The van der Waals surface area contributed by atoms with Crippen LogP contribution in [0.5, 0.6) is 0 Å². The summed E-state index contributed by atoms with van der Waals surface area (Å²) in [5.41, 5.74) is 0. The summed E-state index contributed by atoms with van der Waals surface area (Å²) in [4.78, 5) is 4.02. The Bertz CT molecular complexity index is 81.7. The maximum Gasteiger partial charge on any atom is 0.0345 e. The summed E-state index contributed by atoms with van der Waals surface area (Å²) < 4.78 is 0. The Morgan fingerprint density at radius 2 is 1.33 bits per heavy atom. The normalized spacial score (nSPS) is 30.0. The van der Waals surface area contributed by atoms with Crippen molar-refractivity contribution in [2.75, 3.05) is 0 Å². The summed E-state index contributed by atoms with van der Waals surface area (Å²) in [6, 6.07) is 0. The van der Waals surface area contributed by atoms with Crippen LogP contribution in [0.2, 0.25) is 0 Å². The molecule has 1 rings (SSSR count). The van der Waals surface area contributed by atoms with Crippen LogP contribution in [0.3, 0.4) is 0 Å². The van der Waals surface area contributed by atoms with Gasteiger partial charge in [0.15, 0.2) is 0 Å². The second-order valence-electron chi connectivity index (χ2n) is 2.06. The van der Waals surface area contributed by atoms with Gasteiger partial charge in [-0.05, 0) is 0 Å². The van der Waals surface area contributed by atoms with Crippen LogP contribution in [0, 0.1) is 0 Å². The predicted octanol–water partition coefficient (Wildman–Crippen LogP) is -3.89. The number of hydrogen-bond acceptors (Lipinski definition) is 0. The van der Waals surface area contributed by atoms with Gasteiger partial charge < -0.3 is 0 Å². The maximum absolute atomic E-state index is 2.01. The molecular formula is C2H10Si4. The Balaban J connectivity index is 2.66. The van der Waals surface area contributed by atoms with Crippen molar-refractivity contribution in [1.29, 1.82) is 0 Å².